The molecule has 0 spiro atoms. The zero-order chi connectivity index (χ0) is 9.84. The third-order valence-electron chi connectivity index (χ3n) is 1.61. The highest BCUT2D eigenvalue weighted by molar-refractivity contribution is 5.87. The number of carbonyl (C=O) groups is 1. The maximum absolute atomic E-state index is 10.7. The van der Waals surface area contributed by atoms with E-state index in [-0.39, 0.29) is 24.4 Å². The molecule has 4 nitrogen and oxygen atoms in total. The summed E-state index contributed by atoms with van der Waals surface area (Å²) in [7, 11) is 0. The Morgan fingerprint density at radius 3 is 2.79 bits per heavy atom. The van der Waals surface area contributed by atoms with E-state index in [0.717, 1.165) is 5.56 Å². The normalized spacial score (nSPS) is 11.4. The molecule has 1 aromatic rings. The SMILES string of the molecule is CC(=O)Nc1cc(C(C)N)ccn1.Cl. The first-order valence-corrected chi connectivity index (χ1v) is 4.08. The molecule has 0 aromatic carbocycles. The lowest BCUT2D eigenvalue weighted by Crippen LogP contribution is -2.10. The third-order valence-corrected chi connectivity index (χ3v) is 1.61. The van der Waals surface area contributed by atoms with Crippen LogP contribution in [0.2, 0.25) is 0 Å². The highest BCUT2D eigenvalue weighted by atomic mass is 35.5. The average Bonchev–Trinajstić information content (AvgIpc) is 2.03. The summed E-state index contributed by atoms with van der Waals surface area (Å²) in [4.78, 5) is 14.7. The lowest BCUT2D eigenvalue weighted by Gasteiger charge is -2.07. The van der Waals surface area contributed by atoms with Gasteiger partial charge in [-0.05, 0) is 24.6 Å². The first kappa shape index (κ1) is 12.9. The van der Waals surface area contributed by atoms with Gasteiger partial charge in [-0.2, -0.15) is 0 Å². The van der Waals surface area contributed by atoms with Gasteiger partial charge in [0.15, 0.2) is 0 Å². The number of nitrogens with two attached hydrogens (primary N) is 1. The van der Waals surface area contributed by atoms with Crippen molar-refractivity contribution in [1.29, 1.82) is 0 Å². The lowest BCUT2D eigenvalue weighted by molar-refractivity contribution is -0.114. The molecule has 1 atom stereocenters. The number of hydrogen-bond acceptors (Lipinski definition) is 3. The molecular weight excluding hydrogens is 202 g/mol. The molecule has 1 rings (SSSR count). The first-order chi connectivity index (χ1) is 6.09. The number of rotatable bonds is 2. The van der Waals surface area contributed by atoms with Crippen LogP contribution in [0.15, 0.2) is 18.3 Å². The standard InChI is InChI=1S/C9H13N3O.ClH/c1-6(10)8-3-4-11-9(5-8)12-7(2)13;/h3-6H,10H2,1-2H3,(H,11,12,13);1H. The number of halogens is 1. The van der Waals surface area contributed by atoms with Crippen LogP contribution in [-0.4, -0.2) is 10.9 Å². The van der Waals surface area contributed by atoms with Gasteiger partial charge in [-0.25, -0.2) is 4.98 Å². The van der Waals surface area contributed by atoms with Gasteiger partial charge in [-0.15, -0.1) is 12.4 Å². The molecule has 0 fully saturated rings. The molecule has 1 heterocycles. The number of pyridine rings is 1. The third kappa shape index (κ3) is 3.72. The predicted octanol–water partition coefficient (Wildman–Crippen LogP) is 1.48. The molecular formula is C9H14ClN3O. The van der Waals surface area contributed by atoms with Gasteiger partial charge in [0.25, 0.3) is 0 Å². The molecule has 0 saturated heterocycles. The van der Waals surface area contributed by atoms with Crippen molar-refractivity contribution >= 4 is 24.1 Å². The summed E-state index contributed by atoms with van der Waals surface area (Å²) in [5, 5.41) is 2.59. The van der Waals surface area contributed by atoms with Gasteiger partial charge in [-0.1, -0.05) is 0 Å². The van der Waals surface area contributed by atoms with Crippen LogP contribution in [0.5, 0.6) is 0 Å². The van der Waals surface area contributed by atoms with E-state index in [1.807, 2.05) is 13.0 Å². The van der Waals surface area contributed by atoms with E-state index in [0.29, 0.717) is 5.82 Å². The van der Waals surface area contributed by atoms with E-state index >= 15 is 0 Å². The number of aromatic nitrogens is 1. The van der Waals surface area contributed by atoms with Crippen molar-refractivity contribution in [1.82, 2.24) is 4.98 Å². The lowest BCUT2D eigenvalue weighted by atomic mass is 10.1. The topological polar surface area (TPSA) is 68.0 Å². The van der Waals surface area contributed by atoms with E-state index in [2.05, 4.69) is 10.3 Å². The minimum atomic E-state index is -0.130. The van der Waals surface area contributed by atoms with Crippen LogP contribution < -0.4 is 11.1 Å². The molecule has 0 bridgehead atoms. The van der Waals surface area contributed by atoms with Gasteiger partial charge in [0.2, 0.25) is 5.91 Å². The summed E-state index contributed by atoms with van der Waals surface area (Å²) in [6.07, 6.45) is 1.63. The maximum Gasteiger partial charge on any atom is 0.222 e. The van der Waals surface area contributed by atoms with Crippen LogP contribution in [0.3, 0.4) is 0 Å². The molecule has 0 saturated carbocycles. The van der Waals surface area contributed by atoms with Gasteiger partial charge in [0, 0.05) is 19.2 Å². The monoisotopic (exact) mass is 215 g/mol. The molecule has 1 aromatic heterocycles. The zero-order valence-corrected chi connectivity index (χ0v) is 8.97. The molecule has 5 heteroatoms. The van der Waals surface area contributed by atoms with Crippen molar-refractivity contribution in [3.8, 4) is 0 Å². The average molecular weight is 216 g/mol. The fourth-order valence-corrected chi connectivity index (χ4v) is 0.979. The number of nitrogens with one attached hydrogen (secondary N) is 1. The fourth-order valence-electron chi connectivity index (χ4n) is 0.979. The number of anilines is 1. The second kappa shape index (κ2) is 5.57. The second-order valence-electron chi connectivity index (χ2n) is 2.94. The van der Waals surface area contributed by atoms with Crippen molar-refractivity contribution in [2.45, 2.75) is 19.9 Å². The summed E-state index contributed by atoms with van der Waals surface area (Å²) < 4.78 is 0. The highest BCUT2D eigenvalue weighted by Crippen LogP contribution is 2.12. The highest BCUT2D eigenvalue weighted by Gasteiger charge is 2.01. The van der Waals surface area contributed by atoms with Gasteiger partial charge in [-0.3, -0.25) is 4.79 Å². The van der Waals surface area contributed by atoms with E-state index in [1.54, 1.807) is 12.3 Å². The fraction of sp³-hybridized carbons (Fsp3) is 0.333. The maximum atomic E-state index is 10.7. The van der Waals surface area contributed by atoms with Crippen LogP contribution in [0.4, 0.5) is 5.82 Å². The van der Waals surface area contributed by atoms with Crippen molar-refractivity contribution in [2.24, 2.45) is 5.73 Å². The summed E-state index contributed by atoms with van der Waals surface area (Å²) in [6.45, 7) is 3.33. The summed E-state index contributed by atoms with van der Waals surface area (Å²) in [6, 6.07) is 3.55. The molecule has 0 aliphatic carbocycles. The van der Waals surface area contributed by atoms with E-state index < -0.39 is 0 Å². The smallest absolute Gasteiger partial charge is 0.222 e. The van der Waals surface area contributed by atoms with Crippen molar-refractivity contribution in [2.75, 3.05) is 5.32 Å². The van der Waals surface area contributed by atoms with E-state index in [9.17, 15) is 4.79 Å². The van der Waals surface area contributed by atoms with Crippen molar-refractivity contribution < 1.29 is 4.79 Å². The molecule has 0 aliphatic heterocycles. The number of hydrogen-bond donors (Lipinski definition) is 2. The van der Waals surface area contributed by atoms with Gasteiger partial charge >= 0.3 is 0 Å². The van der Waals surface area contributed by atoms with Crippen LogP contribution in [0.1, 0.15) is 25.5 Å². The van der Waals surface area contributed by atoms with Gasteiger partial charge in [0.1, 0.15) is 5.82 Å². The minimum absolute atomic E-state index is 0. The molecule has 78 valence electrons. The Morgan fingerprint density at radius 1 is 1.64 bits per heavy atom. The summed E-state index contributed by atoms with van der Waals surface area (Å²) >= 11 is 0. The molecule has 1 unspecified atom stereocenters. The summed E-state index contributed by atoms with van der Waals surface area (Å²) in [5.41, 5.74) is 6.63. The van der Waals surface area contributed by atoms with Crippen molar-refractivity contribution in [3.63, 3.8) is 0 Å². The van der Waals surface area contributed by atoms with Crippen LogP contribution in [0, 0.1) is 0 Å². The van der Waals surface area contributed by atoms with Crippen LogP contribution in [-0.2, 0) is 4.79 Å². The molecule has 1 amide bonds. The van der Waals surface area contributed by atoms with Gasteiger partial charge < -0.3 is 11.1 Å². The van der Waals surface area contributed by atoms with Gasteiger partial charge in [0.05, 0.1) is 0 Å². The minimum Gasteiger partial charge on any atom is -0.324 e. The quantitative estimate of drug-likeness (QED) is 0.785. The Kier molecular flexibility index (Phi) is 5.12. The summed E-state index contributed by atoms with van der Waals surface area (Å²) in [5.74, 6) is 0.414. The Labute approximate surface area is 89.3 Å². The Bertz CT molecular complexity index is 315. The number of nitrogens with zero attached hydrogens (tertiary/aromatic N) is 1. The van der Waals surface area contributed by atoms with Crippen LogP contribution >= 0.6 is 12.4 Å². The van der Waals surface area contributed by atoms with E-state index in [4.69, 9.17) is 5.73 Å². The molecule has 0 aliphatic rings. The zero-order valence-electron chi connectivity index (χ0n) is 8.15. The van der Waals surface area contributed by atoms with Crippen LogP contribution in [0.25, 0.3) is 0 Å². The molecule has 0 radical (unpaired) electrons. The Hall–Kier alpha value is -1.13. The largest absolute Gasteiger partial charge is 0.324 e. The van der Waals surface area contributed by atoms with Crippen molar-refractivity contribution in [3.05, 3.63) is 23.9 Å². The number of amides is 1. The second-order valence-corrected chi connectivity index (χ2v) is 2.94. The van der Waals surface area contributed by atoms with E-state index in [1.165, 1.54) is 6.92 Å². The predicted molar refractivity (Wildman–Crippen MR) is 58.4 cm³/mol. The number of carbonyl (C=O) groups excluding carboxylic acids is 1. The Balaban J connectivity index is 0.00000169. The molecule has 3 N–H and O–H groups in total. The Morgan fingerprint density at radius 2 is 2.29 bits per heavy atom. The first-order valence-electron chi connectivity index (χ1n) is 4.08. The molecule has 14 heavy (non-hydrogen) atoms.